The third-order valence-corrected chi connectivity index (χ3v) is 2.24. The first kappa shape index (κ1) is 22.6. The van der Waals surface area contributed by atoms with Crippen LogP contribution < -0.4 is 5.73 Å². The van der Waals surface area contributed by atoms with Gasteiger partial charge in [0, 0.05) is 0 Å². The normalized spacial score (nSPS) is 17.0. The largest absolute Gasteiger partial charge is 0.480 e. The summed E-state index contributed by atoms with van der Waals surface area (Å²) in [5.41, 5.74) is 4.57. The molecule has 0 aromatic carbocycles. The molecular formula is C11H21NO10. The highest BCUT2D eigenvalue weighted by molar-refractivity contribution is 5.74. The maximum absolute atomic E-state index is 11.0. The van der Waals surface area contributed by atoms with E-state index < -0.39 is 49.1 Å². The fourth-order valence-corrected chi connectivity index (χ4v) is 0.966. The fourth-order valence-electron chi connectivity index (χ4n) is 0.966. The van der Waals surface area contributed by atoms with Crippen molar-refractivity contribution in [2.75, 3.05) is 13.2 Å². The number of ether oxygens (including phenoxy) is 1. The Bertz CT molecular complexity index is 350. The Balaban J connectivity index is 0. The fraction of sp³-hybridized carbons (Fsp3) is 0.727. The molecule has 0 saturated carbocycles. The first-order chi connectivity index (χ1) is 10.1. The molecule has 0 amide bonds. The van der Waals surface area contributed by atoms with E-state index in [1.807, 2.05) is 0 Å². The second-order valence-electron chi connectivity index (χ2n) is 4.05. The van der Waals surface area contributed by atoms with Gasteiger partial charge in [0.1, 0.15) is 24.4 Å². The van der Waals surface area contributed by atoms with Crippen LogP contribution in [0.1, 0.15) is 6.92 Å². The molecule has 0 radical (unpaired) electrons. The van der Waals surface area contributed by atoms with Crippen molar-refractivity contribution in [2.24, 2.45) is 5.73 Å². The molecule has 130 valence electrons. The van der Waals surface area contributed by atoms with Crippen molar-refractivity contribution in [1.29, 1.82) is 0 Å². The molecule has 0 aliphatic rings. The van der Waals surface area contributed by atoms with Gasteiger partial charge in [-0.25, -0.2) is 4.79 Å². The van der Waals surface area contributed by atoms with Gasteiger partial charge in [-0.15, -0.1) is 0 Å². The Hall–Kier alpha value is -1.63. The van der Waals surface area contributed by atoms with Crippen LogP contribution in [0.5, 0.6) is 0 Å². The quantitative estimate of drug-likeness (QED) is 0.167. The first-order valence-electron chi connectivity index (χ1n) is 6.03. The van der Waals surface area contributed by atoms with Crippen LogP contribution in [0.15, 0.2) is 0 Å². The van der Waals surface area contributed by atoms with E-state index in [9.17, 15) is 24.6 Å². The van der Waals surface area contributed by atoms with Crippen LogP contribution in [-0.2, 0) is 19.1 Å². The minimum Gasteiger partial charge on any atom is -0.480 e. The van der Waals surface area contributed by atoms with Crippen LogP contribution in [0.2, 0.25) is 0 Å². The summed E-state index contributed by atoms with van der Waals surface area (Å²) in [5.74, 6) is -2.16. The number of carbonyl (C=O) groups is 3. The highest BCUT2D eigenvalue weighted by Crippen LogP contribution is 2.08. The van der Waals surface area contributed by atoms with Crippen molar-refractivity contribution in [3.8, 4) is 0 Å². The molecule has 11 nitrogen and oxygen atoms in total. The third-order valence-electron chi connectivity index (χ3n) is 2.24. The molecule has 0 aliphatic heterocycles. The molecule has 0 saturated heterocycles. The van der Waals surface area contributed by atoms with Gasteiger partial charge in [0.05, 0.1) is 13.2 Å². The predicted molar refractivity (Wildman–Crippen MR) is 69.4 cm³/mol. The number of carboxylic acids is 1. The van der Waals surface area contributed by atoms with Gasteiger partial charge in [0.2, 0.25) is 0 Å². The molecule has 22 heavy (non-hydrogen) atoms. The molecule has 0 heterocycles. The van der Waals surface area contributed by atoms with Gasteiger partial charge in [0.15, 0.2) is 12.4 Å². The molecule has 1 unspecified atom stereocenters. The van der Waals surface area contributed by atoms with E-state index in [0.717, 1.165) is 0 Å². The number of carbonyl (C=O) groups excluding carboxylic acids is 2. The summed E-state index contributed by atoms with van der Waals surface area (Å²) in [7, 11) is 0. The van der Waals surface area contributed by atoms with Crippen LogP contribution in [-0.4, -0.2) is 92.5 Å². The molecule has 11 heteroatoms. The third kappa shape index (κ3) is 9.33. The summed E-state index contributed by atoms with van der Waals surface area (Å²) in [4.78, 5) is 30.4. The molecule has 0 rings (SSSR count). The maximum Gasteiger partial charge on any atom is 0.337 e. The lowest BCUT2D eigenvalue weighted by Crippen LogP contribution is -2.46. The Morgan fingerprint density at radius 1 is 1.18 bits per heavy atom. The predicted octanol–water partition coefficient (Wildman–Crippen LogP) is -4.42. The number of aliphatic hydroxyl groups is 5. The number of rotatable bonds is 8. The molecule has 5 atom stereocenters. The van der Waals surface area contributed by atoms with E-state index in [2.05, 4.69) is 10.5 Å². The summed E-state index contributed by atoms with van der Waals surface area (Å²) in [6.07, 6.45) is -8.34. The Morgan fingerprint density at radius 2 is 1.64 bits per heavy atom. The summed E-state index contributed by atoms with van der Waals surface area (Å²) >= 11 is 0. The van der Waals surface area contributed by atoms with Gasteiger partial charge < -0.3 is 45.9 Å². The second kappa shape index (κ2) is 12.0. The van der Waals surface area contributed by atoms with E-state index in [4.69, 9.17) is 20.4 Å². The molecule has 0 spiro atoms. The Kier molecular flexibility index (Phi) is 12.3. The van der Waals surface area contributed by atoms with Crippen LogP contribution in [0, 0.1) is 0 Å². The van der Waals surface area contributed by atoms with Gasteiger partial charge in [-0.1, -0.05) is 0 Å². The van der Waals surface area contributed by atoms with Crippen LogP contribution in [0.4, 0.5) is 0 Å². The number of esters is 1. The van der Waals surface area contributed by atoms with Crippen LogP contribution >= 0.6 is 0 Å². The van der Waals surface area contributed by atoms with E-state index in [1.54, 1.807) is 0 Å². The minimum absolute atomic E-state index is 0.0188. The van der Waals surface area contributed by atoms with Crippen LogP contribution in [0.25, 0.3) is 0 Å². The second-order valence-corrected chi connectivity index (χ2v) is 4.05. The summed E-state index contributed by atoms with van der Waals surface area (Å²) in [6.45, 7) is 0.0641. The lowest BCUT2D eigenvalue weighted by atomic mass is 10.0. The number of hydrogen-bond acceptors (Lipinski definition) is 10. The van der Waals surface area contributed by atoms with Gasteiger partial charge in [0.25, 0.3) is 0 Å². The Labute approximate surface area is 125 Å². The smallest absolute Gasteiger partial charge is 0.337 e. The number of aliphatic hydroxyl groups excluding tert-OH is 5. The van der Waals surface area contributed by atoms with Crippen molar-refractivity contribution < 1.29 is 49.8 Å². The zero-order chi connectivity index (χ0) is 17.9. The number of hydrogen-bond donors (Lipinski definition) is 7. The number of carboxylic acid groups (broad SMARTS) is 1. The highest BCUT2D eigenvalue weighted by atomic mass is 16.6. The molecule has 8 N–H and O–H groups in total. The number of nitrogens with two attached hydrogens (primary N) is 1. The van der Waals surface area contributed by atoms with E-state index in [0.29, 0.717) is 0 Å². The standard InChI is InChI=1S/C9H16O8.C2H5NO2/c1-4(17-9(16)6(13)3-11)7(14)8(15)5(12)2-10;3-1-2(4)5/h2,4-8,11-15H,3H2,1H3;1,3H2,(H,4,5)/t4-,5-,6?,7-,8-;/m0./s1. The highest BCUT2D eigenvalue weighted by Gasteiger charge is 2.32. The van der Waals surface area contributed by atoms with E-state index in [1.165, 1.54) is 6.92 Å². The lowest BCUT2D eigenvalue weighted by molar-refractivity contribution is -0.173. The molecular weight excluding hydrogens is 306 g/mol. The van der Waals surface area contributed by atoms with E-state index >= 15 is 0 Å². The minimum atomic E-state index is -1.82. The monoisotopic (exact) mass is 327 g/mol. The van der Waals surface area contributed by atoms with Crippen molar-refractivity contribution in [3.63, 3.8) is 0 Å². The van der Waals surface area contributed by atoms with Crippen molar-refractivity contribution in [2.45, 2.75) is 37.4 Å². The Morgan fingerprint density at radius 3 is 1.95 bits per heavy atom. The van der Waals surface area contributed by atoms with Gasteiger partial charge in [-0.3, -0.25) is 4.79 Å². The number of aliphatic carboxylic acids is 1. The van der Waals surface area contributed by atoms with Crippen molar-refractivity contribution >= 4 is 18.2 Å². The first-order valence-corrected chi connectivity index (χ1v) is 6.03. The topological polar surface area (TPSA) is 208 Å². The van der Waals surface area contributed by atoms with E-state index in [-0.39, 0.29) is 12.8 Å². The molecule has 0 aromatic heterocycles. The summed E-state index contributed by atoms with van der Waals surface area (Å²) in [6, 6.07) is 0. The van der Waals surface area contributed by atoms with Crippen LogP contribution in [0.3, 0.4) is 0 Å². The van der Waals surface area contributed by atoms with Gasteiger partial charge in [-0.2, -0.15) is 0 Å². The van der Waals surface area contributed by atoms with Gasteiger partial charge >= 0.3 is 11.9 Å². The molecule has 0 fully saturated rings. The van der Waals surface area contributed by atoms with Gasteiger partial charge in [-0.05, 0) is 6.92 Å². The molecule has 0 bridgehead atoms. The zero-order valence-corrected chi connectivity index (χ0v) is 11.8. The molecule has 0 aliphatic carbocycles. The average molecular weight is 327 g/mol. The SMILES string of the molecule is C[C@H](OC(=O)C(O)CO)[C@H](O)[C@@H](O)[C@@H](O)C=O.NCC(=O)O. The average Bonchev–Trinajstić information content (AvgIpc) is 2.51. The molecule has 0 aromatic rings. The van der Waals surface area contributed by atoms with Crippen molar-refractivity contribution in [3.05, 3.63) is 0 Å². The maximum atomic E-state index is 11.0. The lowest BCUT2D eigenvalue weighted by Gasteiger charge is -2.25. The zero-order valence-electron chi connectivity index (χ0n) is 11.8. The summed E-state index contributed by atoms with van der Waals surface area (Å²) < 4.78 is 4.49. The summed E-state index contributed by atoms with van der Waals surface area (Å²) in [5, 5.41) is 52.5. The number of aldehydes is 1. The van der Waals surface area contributed by atoms with Crippen molar-refractivity contribution in [1.82, 2.24) is 0 Å².